The minimum Gasteiger partial charge on any atom is -0.476 e. The van der Waals surface area contributed by atoms with Gasteiger partial charge >= 0.3 is 5.97 Å². The van der Waals surface area contributed by atoms with E-state index in [1.165, 1.54) is 6.07 Å². The van der Waals surface area contributed by atoms with E-state index in [9.17, 15) is 4.79 Å². The van der Waals surface area contributed by atoms with Gasteiger partial charge in [0.15, 0.2) is 11.5 Å². The zero-order chi connectivity index (χ0) is 12.5. The third-order valence-electron chi connectivity index (χ3n) is 2.57. The minimum absolute atomic E-state index is 0.0804. The fourth-order valence-electron chi connectivity index (χ4n) is 1.71. The molecule has 88 valence electrons. The van der Waals surface area contributed by atoms with E-state index in [2.05, 4.69) is 15.2 Å². The molecule has 0 saturated carbocycles. The van der Waals surface area contributed by atoms with E-state index in [4.69, 9.17) is 5.11 Å². The van der Waals surface area contributed by atoms with Crippen LogP contribution in [0.15, 0.2) is 42.7 Å². The van der Waals surface area contributed by atoms with E-state index in [1.807, 2.05) is 24.3 Å². The van der Waals surface area contributed by atoms with E-state index >= 15 is 0 Å². The van der Waals surface area contributed by atoms with Crippen molar-refractivity contribution in [3.63, 3.8) is 0 Å². The van der Waals surface area contributed by atoms with Crippen molar-refractivity contribution in [2.24, 2.45) is 0 Å². The molecular weight excluding hydrogens is 232 g/mol. The molecule has 3 rings (SSSR count). The van der Waals surface area contributed by atoms with Crippen LogP contribution in [0.2, 0.25) is 0 Å². The van der Waals surface area contributed by atoms with Crippen LogP contribution in [0, 0.1) is 0 Å². The summed E-state index contributed by atoms with van der Waals surface area (Å²) in [5.41, 5.74) is 1.67. The highest BCUT2D eigenvalue weighted by atomic mass is 16.4. The summed E-state index contributed by atoms with van der Waals surface area (Å²) in [6, 6.07) is 10.6. The van der Waals surface area contributed by atoms with E-state index < -0.39 is 5.97 Å². The van der Waals surface area contributed by atoms with Gasteiger partial charge < -0.3 is 5.11 Å². The molecule has 0 radical (unpaired) electrons. The van der Waals surface area contributed by atoms with Gasteiger partial charge in [-0.3, -0.25) is 4.57 Å². The molecule has 6 heteroatoms. The smallest absolute Gasteiger partial charge is 0.356 e. The van der Waals surface area contributed by atoms with Crippen molar-refractivity contribution < 1.29 is 9.90 Å². The molecule has 0 aliphatic heterocycles. The lowest BCUT2D eigenvalue weighted by Gasteiger charge is -2.01. The molecule has 0 unspecified atom stereocenters. The Morgan fingerprint density at radius 1 is 1.11 bits per heavy atom. The summed E-state index contributed by atoms with van der Waals surface area (Å²) in [5.74, 6) is -0.557. The van der Waals surface area contributed by atoms with Gasteiger partial charge in [-0.15, -0.1) is 10.2 Å². The SMILES string of the molecule is O=C(O)c1ccc(-n2cnc3ccccc32)nn1. The van der Waals surface area contributed by atoms with Crippen molar-refractivity contribution in [3.8, 4) is 5.82 Å². The maximum Gasteiger partial charge on any atom is 0.356 e. The van der Waals surface area contributed by atoms with Crippen LogP contribution in [0.3, 0.4) is 0 Å². The highest BCUT2D eigenvalue weighted by molar-refractivity contribution is 5.85. The second kappa shape index (κ2) is 3.92. The first-order valence-electron chi connectivity index (χ1n) is 5.25. The first kappa shape index (κ1) is 10.4. The Balaban J connectivity index is 2.12. The molecule has 6 nitrogen and oxygen atoms in total. The molecule has 2 aromatic heterocycles. The quantitative estimate of drug-likeness (QED) is 0.734. The van der Waals surface area contributed by atoms with E-state index in [0.29, 0.717) is 5.82 Å². The van der Waals surface area contributed by atoms with Crippen LogP contribution in [0.4, 0.5) is 0 Å². The molecule has 0 bridgehead atoms. The summed E-state index contributed by atoms with van der Waals surface area (Å²) in [6.07, 6.45) is 1.63. The number of para-hydroxylation sites is 2. The lowest BCUT2D eigenvalue weighted by molar-refractivity contribution is 0.0689. The number of hydrogen-bond donors (Lipinski definition) is 1. The summed E-state index contributed by atoms with van der Waals surface area (Å²) in [5, 5.41) is 16.3. The molecule has 1 aromatic carbocycles. The Bertz CT molecular complexity index is 718. The van der Waals surface area contributed by atoms with Crippen LogP contribution < -0.4 is 0 Å². The largest absolute Gasteiger partial charge is 0.476 e. The molecule has 18 heavy (non-hydrogen) atoms. The van der Waals surface area contributed by atoms with Crippen molar-refractivity contribution in [2.75, 3.05) is 0 Å². The van der Waals surface area contributed by atoms with Gasteiger partial charge in [0.05, 0.1) is 11.0 Å². The highest BCUT2D eigenvalue weighted by Gasteiger charge is 2.08. The van der Waals surface area contributed by atoms with Gasteiger partial charge in [0.2, 0.25) is 0 Å². The van der Waals surface area contributed by atoms with Gasteiger partial charge in [0, 0.05) is 0 Å². The standard InChI is InChI=1S/C12H8N4O2/c17-12(18)9-5-6-11(15-14-9)16-7-13-8-3-1-2-4-10(8)16/h1-7H,(H,17,18). The summed E-state index contributed by atoms with van der Waals surface area (Å²) in [7, 11) is 0. The van der Waals surface area contributed by atoms with Crippen LogP contribution in [-0.2, 0) is 0 Å². The second-order valence-electron chi connectivity index (χ2n) is 3.69. The topological polar surface area (TPSA) is 80.9 Å². The molecule has 2 heterocycles. The first-order chi connectivity index (χ1) is 8.75. The number of carbonyl (C=O) groups is 1. The number of rotatable bonds is 2. The Kier molecular flexibility index (Phi) is 2.26. The maximum absolute atomic E-state index is 10.7. The summed E-state index contributed by atoms with van der Waals surface area (Å²) >= 11 is 0. The van der Waals surface area contributed by atoms with Crippen molar-refractivity contribution >= 4 is 17.0 Å². The Morgan fingerprint density at radius 3 is 2.67 bits per heavy atom. The summed E-state index contributed by atoms with van der Waals surface area (Å²) in [4.78, 5) is 14.9. The lowest BCUT2D eigenvalue weighted by Crippen LogP contribution is -2.04. The number of nitrogens with zero attached hydrogens (tertiary/aromatic N) is 4. The summed E-state index contributed by atoms with van der Waals surface area (Å²) < 4.78 is 1.76. The molecule has 1 N–H and O–H groups in total. The molecule has 0 aliphatic carbocycles. The molecule has 0 aliphatic rings. The molecule has 0 atom stereocenters. The average Bonchev–Trinajstić information content (AvgIpc) is 2.82. The minimum atomic E-state index is -1.09. The van der Waals surface area contributed by atoms with Gasteiger partial charge in [-0.05, 0) is 24.3 Å². The normalized spacial score (nSPS) is 10.7. The second-order valence-corrected chi connectivity index (χ2v) is 3.69. The van der Waals surface area contributed by atoms with Crippen LogP contribution in [0.1, 0.15) is 10.5 Å². The van der Waals surface area contributed by atoms with Crippen molar-refractivity contribution in [2.45, 2.75) is 0 Å². The number of aromatic carboxylic acids is 1. The third-order valence-corrected chi connectivity index (χ3v) is 2.57. The molecule has 0 fully saturated rings. The molecule has 0 amide bonds. The number of aromatic nitrogens is 4. The van der Waals surface area contributed by atoms with Crippen molar-refractivity contribution in [1.82, 2.24) is 19.7 Å². The monoisotopic (exact) mass is 240 g/mol. The maximum atomic E-state index is 10.7. The number of carboxylic acids is 1. The third kappa shape index (κ3) is 1.60. The van der Waals surface area contributed by atoms with Gasteiger partial charge in [-0.25, -0.2) is 9.78 Å². The number of hydrogen-bond acceptors (Lipinski definition) is 4. The van der Waals surface area contributed by atoms with Gasteiger partial charge in [-0.1, -0.05) is 12.1 Å². The van der Waals surface area contributed by atoms with Crippen LogP contribution in [-0.4, -0.2) is 30.8 Å². The van der Waals surface area contributed by atoms with Crippen LogP contribution in [0.5, 0.6) is 0 Å². The van der Waals surface area contributed by atoms with Gasteiger partial charge in [-0.2, -0.15) is 0 Å². The zero-order valence-corrected chi connectivity index (χ0v) is 9.19. The number of benzene rings is 1. The molecular formula is C12H8N4O2. The Morgan fingerprint density at radius 2 is 1.94 bits per heavy atom. The van der Waals surface area contributed by atoms with Crippen LogP contribution >= 0.6 is 0 Å². The first-order valence-corrected chi connectivity index (χ1v) is 5.25. The fraction of sp³-hybridized carbons (Fsp3) is 0. The predicted molar refractivity (Wildman–Crippen MR) is 63.6 cm³/mol. The highest BCUT2D eigenvalue weighted by Crippen LogP contribution is 2.15. The number of carboxylic acid groups (broad SMARTS) is 1. The Hall–Kier alpha value is -2.76. The predicted octanol–water partition coefficient (Wildman–Crippen LogP) is 1.51. The van der Waals surface area contributed by atoms with Gasteiger partial charge in [0.25, 0.3) is 0 Å². The molecule has 0 saturated heterocycles. The Labute approximate surface area is 102 Å². The number of fused-ring (bicyclic) bond motifs is 1. The summed E-state index contributed by atoms with van der Waals surface area (Å²) in [6.45, 7) is 0. The van der Waals surface area contributed by atoms with Crippen LogP contribution in [0.25, 0.3) is 16.9 Å². The van der Waals surface area contributed by atoms with E-state index in [1.54, 1.807) is 17.0 Å². The molecule has 3 aromatic rings. The zero-order valence-electron chi connectivity index (χ0n) is 9.19. The lowest BCUT2D eigenvalue weighted by atomic mass is 10.3. The van der Waals surface area contributed by atoms with Crippen molar-refractivity contribution in [3.05, 3.63) is 48.4 Å². The van der Waals surface area contributed by atoms with E-state index in [0.717, 1.165) is 11.0 Å². The van der Waals surface area contributed by atoms with E-state index in [-0.39, 0.29) is 5.69 Å². The molecule has 0 spiro atoms. The number of imidazole rings is 1. The average molecular weight is 240 g/mol. The van der Waals surface area contributed by atoms with Crippen molar-refractivity contribution in [1.29, 1.82) is 0 Å². The fourth-order valence-corrected chi connectivity index (χ4v) is 1.71. The van der Waals surface area contributed by atoms with Gasteiger partial charge in [0.1, 0.15) is 6.33 Å².